The molecule has 3 rings (SSSR count). The van der Waals surface area contributed by atoms with Crippen LogP contribution in [-0.2, 0) is 4.79 Å². The maximum absolute atomic E-state index is 12.1. The van der Waals surface area contributed by atoms with Crippen LogP contribution < -0.4 is 5.32 Å². The molecule has 2 aromatic rings. The van der Waals surface area contributed by atoms with E-state index in [0.29, 0.717) is 17.6 Å². The van der Waals surface area contributed by atoms with Crippen LogP contribution in [0, 0.1) is 5.92 Å². The number of rotatable bonds is 4. The Labute approximate surface area is 135 Å². The zero-order chi connectivity index (χ0) is 15.4. The first kappa shape index (κ1) is 15.2. The van der Waals surface area contributed by atoms with Crippen LogP contribution in [0.4, 0.5) is 5.13 Å². The quantitative estimate of drug-likeness (QED) is 0.939. The second-order valence-corrected chi connectivity index (χ2v) is 6.79. The summed E-state index contributed by atoms with van der Waals surface area (Å²) in [5.41, 5.74) is 1.98. The third-order valence-corrected chi connectivity index (χ3v) is 4.69. The lowest BCUT2D eigenvalue weighted by molar-refractivity contribution is -0.117. The number of aromatic nitrogens is 1. The fraction of sp³-hybridized carbons (Fsp3) is 0.412. The molecule has 1 aromatic carbocycles. The molecule has 0 aliphatic carbocycles. The summed E-state index contributed by atoms with van der Waals surface area (Å²) in [5, 5.41) is 5.58. The Morgan fingerprint density at radius 3 is 3.00 bits per heavy atom. The molecule has 0 saturated carbocycles. The van der Waals surface area contributed by atoms with Crippen molar-refractivity contribution in [2.75, 3.05) is 25.0 Å². The lowest BCUT2D eigenvalue weighted by Crippen LogP contribution is -2.39. The number of carbonyl (C=O) groups is 1. The summed E-state index contributed by atoms with van der Waals surface area (Å²) in [7, 11) is 0. The van der Waals surface area contributed by atoms with E-state index in [2.05, 4.69) is 22.1 Å². The van der Waals surface area contributed by atoms with Crippen LogP contribution >= 0.6 is 11.3 Å². The van der Waals surface area contributed by atoms with Crippen molar-refractivity contribution in [1.29, 1.82) is 0 Å². The molecular formula is C17H21N3OS. The lowest BCUT2D eigenvalue weighted by atomic mass is 10.0. The predicted octanol–water partition coefficient (Wildman–Crippen LogP) is 3.48. The SMILES string of the molecule is C[C@H]1CCCN(CC(=O)Nc2nc(-c3ccccc3)cs2)C1. The van der Waals surface area contributed by atoms with E-state index in [1.807, 2.05) is 35.7 Å². The Balaban J connectivity index is 1.57. The molecule has 1 aromatic heterocycles. The van der Waals surface area contributed by atoms with Gasteiger partial charge in [0.1, 0.15) is 0 Å². The van der Waals surface area contributed by atoms with Crippen LogP contribution in [0.3, 0.4) is 0 Å². The third kappa shape index (κ3) is 3.93. The molecule has 1 fully saturated rings. The van der Waals surface area contributed by atoms with Crippen molar-refractivity contribution in [2.45, 2.75) is 19.8 Å². The van der Waals surface area contributed by atoms with Gasteiger partial charge in [-0.05, 0) is 25.3 Å². The predicted molar refractivity (Wildman–Crippen MR) is 91.0 cm³/mol. The van der Waals surface area contributed by atoms with Gasteiger partial charge in [0.15, 0.2) is 5.13 Å². The maximum Gasteiger partial charge on any atom is 0.240 e. The maximum atomic E-state index is 12.1. The second-order valence-electron chi connectivity index (χ2n) is 5.93. The topological polar surface area (TPSA) is 45.2 Å². The normalized spacial score (nSPS) is 19.0. The van der Waals surface area contributed by atoms with Crippen LogP contribution in [0.25, 0.3) is 11.3 Å². The zero-order valence-corrected chi connectivity index (χ0v) is 13.6. The highest BCUT2D eigenvalue weighted by molar-refractivity contribution is 7.14. The Morgan fingerprint density at radius 1 is 1.41 bits per heavy atom. The summed E-state index contributed by atoms with van der Waals surface area (Å²) in [6, 6.07) is 10.0. The van der Waals surface area contributed by atoms with Crippen molar-refractivity contribution in [3.8, 4) is 11.3 Å². The standard InChI is InChI=1S/C17H21N3OS/c1-13-6-5-9-20(10-13)11-16(21)19-17-18-15(12-22-17)14-7-3-2-4-8-14/h2-4,7-8,12-13H,5-6,9-11H2,1H3,(H,18,19,21)/t13-/m0/s1. The number of benzene rings is 1. The molecule has 5 heteroatoms. The fourth-order valence-electron chi connectivity index (χ4n) is 2.86. The molecule has 1 atom stereocenters. The second kappa shape index (κ2) is 7.03. The Morgan fingerprint density at radius 2 is 2.23 bits per heavy atom. The summed E-state index contributed by atoms with van der Waals surface area (Å²) < 4.78 is 0. The number of nitrogens with zero attached hydrogens (tertiary/aromatic N) is 2. The van der Waals surface area contributed by atoms with Gasteiger partial charge in [-0.1, -0.05) is 37.3 Å². The summed E-state index contributed by atoms with van der Waals surface area (Å²) >= 11 is 1.47. The minimum absolute atomic E-state index is 0.0306. The minimum atomic E-state index is 0.0306. The van der Waals surface area contributed by atoms with E-state index in [9.17, 15) is 4.79 Å². The van der Waals surface area contributed by atoms with Crippen molar-refractivity contribution in [3.63, 3.8) is 0 Å². The lowest BCUT2D eigenvalue weighted by Gasteiger charge is -2.29. The summed E-state index contributed by atoms with van der Waals surface area (Å²) in [6.07, 6.45) is 2.45. The molecule has 1 aliphatic rings. The molecule has 1 saturated heterocycles. The zero-order valence-electron chi connectivity index (χ0n) is 12.8. The van der Waals surface area contributed by atoms with Crippen LogP contribution in [0.5, 0.6) is 0 Å². The van der Waals surface area contributed by atoms with Gasteiger partial charge in [0.05, 0.1) is 12.2 Å². The van der Waals surface area contributed by atoms with Crippen molar-refractivity contribution >= 4 is 22.4 Å². The highest BCUT2D eigenvalue weighted by Gasteiger charge is 2.19. The number of thiazole rings is 1. The number of hydrogen-bond donors (Lipinski definition) is 1. The molecule has 0 bridgehead atoms. The number of hydrogen-bond acceptors (Lipinski definition) is 4. The molecule has 0 radical (unpaired) electrons. The largest absolute Gasteiger partial charge is 0.301 e. The summed E-state index contributed by atoms with van der Waals surface area (Å²) in [4.78, 5) is 18.9. The van der Waals surface area contributed by atoms with Crippen LogP contribution in [0.1, 0.15) is 19.8 Å². The van der Waals surface area contributed by atoms with Gasteiger partial charge in [-0.3, -0.25) is 9.69 Å². The Hall–Kier alpha value is -1.72. The molecule has 2 heterocycles. The van der Waals surface area contributed by atoms with Crippen molar-refractivity contribution in [1.82, 2.24) is 9.88 Å². The van der Waals surface area contributed by atoms with E-state index in [-0.39, 0.29) is 5.91 Å². The van der Waals surface area contributed by atoms with E-state index in [1.165, 1.54) is 24.2 Å². The number of anilines is 1. The van der Waals surface area contributed by atoms with E-state index in [1.54, 1.807) is 0 Å². The number of nitrogens with one attached hydrogen (secondary N) is 1. The van der Waals surface area contributed by atoms with Crippen molar-refractivity contribution in [3.05, 3.63) is 35.7 Å². The van der Waals surface area contributed by atoms with E-state index < -0.39 is 0 Å². The van der Waals surface area contributed by atoms with E-state index >= 15 is 0 Å². The van der Waals surface area contributed by atoms with Crippen LogP contribution in [-0.4, -0.2) is 35.4 Å². The van der Waals surface area contributed by atoms with Gasteiger partial charge in [0.2, 0.25) is 5.91 Å². The first-order valence-corrected chi connectivity index (χ1v) is 8.62. The van der Waals surface area contributed by atoms with E-state index in [0.717, 1.165) is 24.3 Å². The molecule has 0 unspecified atom stereocenters. The minimum Gasteiger partial charge on any atom is -0.301 e. The molecule has 1 aliphatic heterocycles. The Kier molecular flexibility index (Phi) is 4.85. The van der Waals surface area contributed by atoms with Gasteiger partial charge in [-0.25, -0.2) is 4.98 Å². The fourth-order valence-corrected chi connectivity index (χ4v) is 3.60. The number of piperidine rings is 1. The van der Waals surface area contributed by atoms with Crippen LogP contribution in [0.2, 0.25) is 0 Å². The monoisotopic (exact) mass is 315 g/mol. The van der Waals surface area contributed by atoms with Crippen molar-refractivity contribution in [2.24, 2.45) is 5.92 Å². The van der Waals surface area contributed by atoms with Gasteiger partial charge in [0, 0.05) is 17.5 Å². The molecule has 4 nitrogen and oxygen atoms in total. The molecule has 1 amide bonds. The summed E-state index contributed by atoms with van der Waals surface area (Å²) in [6.45, 7) is 4.74. The highest BCUT2D eigenvalue weighted by atomic mass is 32.1. The number of amides is 1. The van der Waals surface area contributed by atoms with Gasteiger partial charge in [-0.15, -0.1) is 11.3 Å². The smallest absolute Gasteiger partial charge is 0.240 e. The molecule has 1 N–H and O–H groups in total. The first-order valence-electron chi connectivity index (χ1n) is 7.74. The molecule has 0 spiro atoms. The third-order valence-electron chi connectivity index (χ3n) is 3.93. The average Bonchev–Trinajstić information content (AvgIpc) is 2.96. The average molecular weight is 315 g/mol. The van der Waals surface area contributed by atoms with Gasteiger partial charge in [0.25, 0.3) is 0 Å². The van der Waals surface area contributed by atoms with Crippen molar-refractivity contribution < 1.29 is 4.79 Å². The van der Waals surface area contributed by atoms with E-state index in [4.69, 9.17) is 0 Å². The number of carbonyl (C=O) groups excluding carboxylic acids is 1. The number of likely N-dealkylation sites (tertiary alicyclic amines) is 1. The Bertz CT molecular complexity index is 626. The van der Waals surface area contributed by atoms with Gasteiger partial charge >= 0.3 is 0 Å². The molecular weight excluding hydrogens is 294 g/mol. The molecule has 22 heavy (non-hydrogen) atoms. The van der Waals surface area contributed by atoms with Gasteiger partial charge in [-0.2, -0.15) is 0 Å². The summed E-state index contributed by atoms with van der Waals surface area (Å²) in [5.74, 6) is 0.717. The first-order chi connectivity index (χ1) is 10.7. The van der Waals surface area contributed by atoms with Gasteiger partial charge < -0.3 is 5.32 Å². The molecule has 116 valence electrons. The highest BCUT2D eigenvalue weighted by Crippen LogP contribution is 2.24. The van der Waals surface area contributed by atoms with Crippen LogP contribution in [0.15, 0.2) is 35.7 Å².